The highest BCUT2D eigenvalue weighted by Gasteiger charge is 2.46. The van der Waals surface area contributed by atoms with E-state index in [0.717, 1.165) is 22.3 Å². The van der Waals surface area contributed by atoms with E-state index in [1.54, 1.807) is 11.8 Å². The summed E-state index contributed by atoms with van der Waals surface area (Å²) in [6.07, 6.45) is 2.04. The predicted octanol–water partition coefficient (Wildman–Crippen LogP) is 5.12. The largest absolute Gasteiger partial charge is 0.481 e. The maximum atomic E-state index is 12.5. The summed E-state index contributed by atoms with van der Waals surface area (Å²) in [5, 5.41) is 10.3. The molecule has 0 radical (unpaired) electrons. The van der Waals surface area contributed by atoms with Crippen LogP contribution in [0, 0.1) is 5.92 Å². The minimum Gasteiger partial charge on any atom is -0.481 e. The lowest BCUT2D eigenvalue weighted by Gasteiger charge is -2.23. The SMILES string of the molecule is CSc1ccc(C2c3ccccc3C(c3ccc4c(c3)OCO4)C2C(=O)O)cc1. The lowest BCUT2D eigenvalue weighted by molar-refractivity contribution is -0.142. The number of thioether (sulfide) groups is 1. The monoisotopic (exact) mass is 404 g/mol. The Labute approximate surface area is 173 Å². The summed E-state index contributed by atoms with van der Waals surface area (Å²) < 4.78 is 11.0. The van der Waals surface area contributed by atoms with E-state index >= 15 is 0 Å². The van der Waals surface area contributed by atoms with Gasteiger partial charge in [0.15, 0.2) is 11.5 Å². The van der Waals surface area contributed by atoms with Gasteiger partial charge < -0.3 is 14.6 Å². The number of carboxylic acids is 1. The van der Waals surface area contributed by atoms with E-state index in [-0.39, 0.29) is 18.6 Å². The Morgan fingerprint density at radius 1 is 0.897 bits per heavy atom. The van der Waals surface area contributed by atoms with Crippen LogP contribution in [0.3, 0.4) is 0 Å². The summed E-state index contributed by atoms with van der Waals surface area (Å²) in [4.78, 5) is 13.7. The molecule has 5 rings (SSSR count). The van der Waals surface area contributed by atoms with Crippen LogP contribution in [-0.4, -0.2) is 24.1 Å². The third kappa shape index (κ3) is 2.97. The van der Waals surface area contributed by atoms with Crippen LogP contribution in [0.2, 0.25) is 0 Å². The molecule has 0 fully saturated rings. The molecule has 0 amide bonds. The van der Waals surface area contributed by atoms with Crippen molar-refractivity contribution < 1.29 is 19.4 Å². The van der Waals surface area contributed by atoms with Crippen molar-refractivity contribution in [1.29, 1.82) is 0 Å². The van der Waals surface area contributed by atoms with Gasteiger partial charge in [-0.3, -0.25) is 4.79 Å². The fraction of sp³-hybridized carbons (Fsp3) is 0.208. The van der Waals surface area contributed by atoms with E-state index in [9.17, 15) is 9.90 Å². The van der Waals surface area contributed by atoms with Crippen LogP contribution in [0.4, 0.5) is 0 Å². The molecule has 5 heteroatoms. The fourth-order valence-corrected chi connectivity index (χ4v) is 5.04. The molecule has 0 saturated heterocycles. The average molecular weight is 404 g/mol. The smallest absolute Gasteiger partial charge is 0.308 e. The number of hydrogen-bond donors (Lipinski definition) is 1. The van der Waals surface area contributed by atoms with Crippen molar-refractivity contribution in [2.45, 2.75) is 16.7 Å². The van der Waals surface area contributed by atoms with Gasteiger partial charge in [0.25, 0.3) is 0 Å². The molecule has 1 aliphatic heterocycles. The number of aliphatic carboxylic acids is 1. The van der Waals surface area contributed by atoms with E-state index in [2.05, 4.69) is 36.4 Å². The Bertz CT molecular complexity index is 1080. The zero-order valence-corrected chi connectivity index (χ0v) is 16.7. The second kappa shape index (κ2) is 7.16. The zero-order chi connectivity index (χ0) is 20.0. The van der Waals surface area contributed by atoms with Crippen LogP contribution < -0.4 is 9.47 Å². The molecule has 0 aromatic heterocycles. The highest BCUT2D eigenvalue weighted by atomic mass is 32.2. The van der Waals surface area contributed by atoms with Gasteiger partial charge in [0.05, 0.1) is 5.92 Å². The van der Waals surface area contributed by atoms with Gasteiger partial charge in [-0.1, -0.05) is 42.5 Å². The summed E-state index contributed by atoms with van der Waals surface area (Å²) in [6, 6.07) is 22.1. The van der Waals surface area contributed by atoms with Crippen LogP contribution in [0.25, 0.3) is 0 Å². The summed E-state index contributed by atoms with van der Waals surface area (Å²) in [5.41, 5.74) is 4.13. The zero-order valence-electron chi connectivity index (χ0n) is 15.9. The van der Waals surface area contributed by atoms with Crippen molar-refractivity contribution in [3.05, 3.63) is 89.0 Å². The highest BCUT2D eigenvalue weighted by Crippen LogP contribution is 2.53. The van der Waals surface area contributed by atoms with Gasteiger partial charge in [0.1, 0.15) is 0 Å². The molecule has 1 heterocycles. The third-order valence-electron chi connectivity index (χ3n) is 5.90. The van der Waals surface area contributed by atoms with E-state index in [1.165, 1.54) is 4.90 Å². The van der Waals surface area contributed by atoms with Crippen LogP contribution in [0.5, 0.6) is 11.5 Å². The summed E-state index contributed by atoms with van der Waals surface area (Å²) in [6.45, 7) is 0.201. The Balaban J connectivity index is 1.66. The molecule has 0 spiro atoms. The number of fused-ring (bicyclic) bond motifs is 2. The number of rotatable bonds is 4. The van der Waals surface area contributed by atoms with Crippen molar-refractivity contribution in [1.82, 2.24) is 0 Å². The molecule has 3 atom stereocenters. The summed E-state index contributed by atoms with van der Waals surface area (Å²) in [7, 11) is 0. The van der Waals surface area contributed by atoms with Crippen LogP contribution in [-0.2, 0) is 4.79 Å². The molecule has 3 aromatic carbocycles. The first kappa shape index (κ1) is 18.1. The molecule has 0 saturated carbocycles. The molecule has 1 aliphatic carbocycles. The second-order valence-corrected chi connectivity index (χ2v) is 8.21. The Kier molecular flexibility index (Phi) is 4.47. The van der Waals surface area contributed by atoms with Crippen molar-refractivity contribution in [3.63, 3.8) is 0 Å². The van der Waals surface area contributed by atoms with Crippen LogP contribution in [0.1, 0.15) is 34.1 Å². The molecular formula is C24H20O4S. The molecule has 29 heavy (non-hydrogen) atoms. The molecule has 1 N–H and O–H groups in total. The quantitative estimate of drug-likeness (QED) is 0.612. The number of hydrogen-bond acceptors (Lipinski definition) is 4. The Morgan fingerprint density at radius 3 is 2.17 bits per heavy atom. The van der Waals surface area contributed by atoms with Crippen molar-refractivity contribution in [3.8, 4) is 11.5 Å². The molecule has 4 nitrogen and oxygen atoms in total. The van der Waals surface area contributed by atoms with Gasteiger partial charge in [-0.25, -0.2) is 0 Å². The molecule has 146 valence electrons. The van der Waals surface area contributed by atoms with Gasteiger partial charge in [0, 0.05) is 16.7 Å². The topological polar surface area (TPSA) is 55.8 Å². The van der Waals surface area contributed by atoms with E-state index in [1.807, 2.05) is 36.6 Å². The van der Waals surface area contributed by atoms with Crippen molar-refractivity contribution in [2.75, 3.05) is 13.0 Å². The standard InChI is InChI=1S/C24H20O4S/c1-29-16-9-6-14(7-10-16)21-17-4-2-3-5-18(17)22(23(21)24(25)26)15-8-11-19-20(12-15)28-13-27-19/h2-12,21-23H,13H2,1H3,(H,25,26). The maximum absolute atomic E-state index is 12.5. The fourth-order valence-electron chi connectivity index (χ4n) is 4.63. The average Bonchev–Trinajstić information content (AvgIpc) is 3.35. The van der Waals surface area contributed by atoms with Crippen LogP contribution >= 0.6 is 11.8 Å². The van der Waals surface area contributed by atoms with E-state index < -0.39 is 11.9 Å². The number of benzene rings is 3. The van der Waals surface area contributed by atoms with E-state index in [0.29, 0.717) is 11.5 Å². The van der Waals surface area contributed by atoms with Crippen molar-refractivity contribution in [2.24, 2.45) is 5.92 Å². The highest BCUT2D eigenvalue weighted by molar-refractivity contribution is 7.98. The predicted molar refractivity (Wildman–Crippen MR) is 112 cm³/mol. The Morgan fingerprint density at radius 2 is 1.52 bits per heavy atom. The number of carboxylic acid groups (broad SMARTS) is 1. The first-order valence-corrected chi connectivity index (χ1v) is 10.7. The Hall–Kier alpha value is -2.92. The molecule has 2 aliphatic rings. The number of carbonyl (C=O) groups is 1. The lowest BCUT2D eigenvalue weighted by atomic mass is 9.79. The second-order valence-electron chi connectivity index (χ2n) is 7.33. The first-order valence-electron chi connectivity index (χ1n) is 9.52. The van der Waals surface area contributed by atoms with E-state index in [4.69, 9.17) is 9.47 Å². The van der Waals surface area contributed by atoms with Gasteiger partial charge in [-0.05, 0) is 52.8 Å². The van der Waals surface area contributed by atoms with Gasteiger partial charge in [-0.15, -0.1) is 11.8 Å². The lowest BCUT2D eigenvalue weighted by Crippen LogP contribution is -2.23. The molecule has 3 aromatic rings. The maximum Gasteiger partial charge on any atom is 0.308 e. The van der Waals surface area contributed by atoms with Gasteiger partial charge >= 0.3 is 5.97 Å². The van der Waals surface area contributed by atoms with Crippen molar-refractivity contribution >= 4 is 17.7 Å². The van der Waals surface area contributed by atoms with Gasteiger partial charge in [0.2, 0.25) is 6.79 Å². The minimum atomic E-state index is -0.789. The van der Waals surface area contributed by atoms with Crippen LogP contribution in [0.15, 0.2) is 71.6 Å². The number of ether oxygens (including phenoxy) is 2. The third-order valence-corrected chi connectivity index (χ3v) is 6.64. The molecular weight excluding hydrogens is 384 g/mol. The molecule has 0 bridgehead atoms. The minimum absolute atomic E-state index is 0.199. The summed E-state index contributed by atoms with van der Waals surface area (Å²) in [5.74, 6) is -0.442. The van der Waals surface area contributed by atoms with Gasteiger partial charge in [-0.2, -0.15) is 0 Å². The summed E-state index contributed by atoms with van der Waals surface area (Å²) >= 11 is 1.68. The first-order chi connectivity index (χ1) is 14.2. The molecule has 3 unspecified atom stereocenters. The normalized spacial score (nSPS) is 21.8.